The van der Waals surface area contributed by atoms with Gasteiger partial charge < -0.3 is 21.1 Å². The standard InChI is InChI=1S/C14H21N3O3/c1-3-20-8-4-7-16-13(18)14(19)17-12-6-5-10(2)9-11(12)15/h5-6,9H,3-4,7-8,15H2,1-2H3,(H,16,18)(H,17,19). The first-order valence-electron chi connectivity index (χ1n) is 6.57. The summed E-state index contributed by atoms with van der Waals surface area (Å²) in [6.45, 7) is 5.39. The Labute approximate surface area is 118 Å². The smallest absolute Gasteiger partial charge is 0.313 e. The van der Waals surface area contributed by atoms with Gasteiger partial charge in [0.1, 0.15) is 0 Å². The van der Waals surface area contributed by atoms with Crippen molar-refractivity contribution in [3.05, 3.63) is 23.8 Å². The number of nitrogens with two attached hydrogens (primary N) is 1. The minimum absolute atomic E-state index is 0.398. The number of amides is 2. The lowest BCUT2D eigenvalue weighted by molar-refractivity contribution is -0.136. The first kappa shape index (κ1) is 16.0. The Kier molecular flexibility index (Phi) is 6.52. The molecule has 0 saturated heterocycles. The van der Waals surface area contributed by atoms with Crippen LogP contribution in [0.1, 0.15) is 18.9 Å². The SMILES string of the molecule is CCOCCCNC(=O)C(=O)Nc1ccc(C)cc1N. The van der Waals surface area contributed by atoms with E-state index in [9.17, 15) is 9.59 Å². The van der Waals surface area contributed by atoms with Crippen molar-refractivity contribution < 1.29 is 14.3 Å². The summed E-state index contributed by atoms with van der Waals surface area (Å²) >= 11 is 0. The molecule has 0 unspecified atom stereocenters. The third-order valence-electron chi connectivity index (χ3n) is 2.62. The number of nitrogen functional groups attached to an aromatic ring is 1. The minimum atomic E-state index is -0.725. The van der Waals surface area contributed by atoms with E-state index >= 15 is 0 Å². The lowest BCUT2D eigenvalue weighted by atomic mass is 10.2. The predicted octanol–water partition coefficient (Wildman–Crippen LogP) is 1.06. The van der Waals surface area contributed by atoms with E-state index in [2.05, 4.69) is 10.6 Å². The van der Waals surface area contributed by atoms with E-state index in [1.54, 1.807) is 12.1 Å². The molecule has 0 atom stereocenters. The molecule has 0 aromatic heterocycles. The van der Waals surface area contributed by atoms with Gasteiger partial charge in [-0.3, -0.25) is 9.59 Å². The van der Waals surface area contributed by atoms with Gasteiger partial charge in [0.25, 0.3) is 0 Å². The summed E-state index contributed by atoms with van der Waals surface area (Å²) in [6, 6.07) is 5.21. The Morgan fingerprint density at radius 2 is 2.05 bits per heavy atom. The van der Waals surface area contributed by atoms with E-state index in [1.807, 2.05) is 19.9 Å². The highest BCUT2D eigenvalue weighted by atomic mass is 16.5. The summed E-state index contributed by atoms with van der Waals surface area (Å²) in [7, 11) is 0. The van der Waals surface area contributed by atoms with E-state index in [1.165, 1.54) is 0 Å². The highest BCUT2D eigenvalue weighted by molar-refractivity contribution is 6.39. The Bertz CT molecular complexity index is 475. The number of hydrogen-bond acceptors (Lipinski definition) is 4. The van der Waals surface area contributed by atoms with Crippen molar-refractivity contribution in [3.63, 3.8) is 0 Å². The second-order valence-corrected chi connectivity index (χ2v) is 4.35. The van der Waals surface area contributed by atoms with Gasteiger partial charge in [0.05, 0.1) is 11.4 Å². The zero-order valence-electron chi connectivity index (χ0n) is 11.9. The number of hydrogen-bond donors (Lipinski definition) is 3. The topological polar surface area (TPSA) is 93.4 Å². The molecule has 2 amide bonds. The third kappa shape index (κ3) is 5.27. The van der Waals surface area contributed by atoms with Crippen LogP contribution in [0.3, 0.4) is 0 Å². The lowest BCUT2D eigenvalue weighted by Gasteiger charge is -2.09. The molecule has 6 heteroatoms. The van der Waals surface area contributed by atoms with Crippen LogP contribution in [0.25, 0.3) is 0 Å². The van der Waals surface area contributed by atoms with Crippen LogP contribution in [0, 0.1) is 6.92 Å². The Hall–Kier alpha value is -2.08. The molecule has 0 bridgehead atoms. The van der Waals surface area contributed by atoms with E-state index in [0.717, 1.165) is 5.56 Å². The first-order chi connectivity index (χ1) is 9.54. The second-order valence-electron chi connectivity index (χ2n) is 4.35. The fourth-order valence-corrected chi connectivity index (χ4v) is 1.58. The van der Waals surface area contributed by atoms with Crippen LogP contribution in [0.4, 0.5) is 11.4 Å². The molecule has 0 spiro atoms. The maximum atomic E-state index is 11.7. The van der Waals surface area contributed by atoms with Gasteiger partial charge in [-0.25, -0.2) is 0 Å². The van der Waals surface area contributed by atoms with Crippen molar-refractivity contribution in [3.8, 4) is 0 Å². The molecule has 6 nitrogen and oxygen atoms in total. The molecule has 110 valence electrons. The van der Waals surface area contributed by atoms with Crippen LogP contribution in [0.2, 0.25) is 0 Å². The average molecular weight is 279 g/mol. The molecule has 0 aliphatic carbocycles. The number of carbonyl (C=O) groups is 2. The van der Waals surface area contributed by atoms with E-state index < -0.39 is 11.8 Å². The molecule has 4 N–H and O–H groups in total. The van der Waals surface area contributed by atoms with Crippen LogP contribution in [-0.2, 0) is 14.3 Å². The fraction of sp³-hybridized carbons (Fsp3) is 0.429. The average Bonchev–Trinajstić information content (AvgIpc) is 2.41. The van der Waals surface area contributed by atoms with Gasteiger partial charge in [-0.15, -0.1) is 0 Å². The third-order valence-corrected chi connectivity index (χ3v) is 2.62. The molecule has 1 aromatic carbocycles. The highest BCUT2D eigenvalue weighted by Crippen LogP contribution is 2.19. The summed E-state index contributed by atoms with van der Waals surface area (Å²) in [4.78, 5) is 23.2. The zero-order valence-corrected chi connectivity index (χ0v) is 11.9. The van der Waals surface area contributed by atoms with Crippen LogP contribution in [0.5, 0.6) is 0 Å². The number of aryl methyl sites for hydroxylation is 1. The van der Waals surface area contributed by atoms with Crippen molar-refractivity contribution in [1.82, 2.24) is 5.32 Å². The summed E-state index contributed by atoms with van der Waals surface area (Å²) in [5.41, 5.74) is 7.62. The molecule has 0 saturated carbocycles. The van der Waals surface area contributed by atoms with Gasteiger partial charge in [0.15, 0.2) is 0 Å². The number of nitrogens with one attached hydrogen (secondary N) is 2. The zero-order chi connectivity index (χ0) is 15.0. The maximum Gasteiger partial charge on any atom is 0.313 e. The molecular formula is C14H21N3O3. The summed E-state index contributed by atoms with van der Waals surface area (Å²) in [6.07, 6.45) is 0.666. The van der Waals surface area contributed by atoms with Crippen molar-refractivity contribution >= 4 is 23.2 Å². The lowest BCUT2D eigenvalue weighted by Crippen LogP contribution is -2.36. The Balaban J connectivity index is 2.39. The van der Waals surface area contributed by atoms with Gasteiger partial charge in [-0.2, -0.15) is 0 Å². The number of benzene rings is 1. The number of carbonyl (C=O) groups excluding carboxylic acids is 2. The Morgan fingerprint density at radius 3 is 2.70 bits per heavy atom. The van der Waals surface area contributed by atoms with Gasteiger partial charge in [0, 0.05) is 19.8 Å². The quantitative estimate of drug-likeness (QED) is 0.412. The van der Waals surface area contributed by atoms with Crippen LogP contribution >= 0.6 is 0 Å². The first-order valence-corrected chi connectivity index (χ1v) is 6.57. The molecular weight excluding hydrogens is 258 g/mol. The molecule has 1 aromatic rings. The summed E-state index contributed by atoms with van der Waals surface area (Å²) in [5.74, 6) is -1.40. The number of anilines is 2. The van der Waals surface area contributed by atoms with Crippen LogP contribution < -0.4 is 16.4 Å². The van der Waals surface area contributed by atoms with Crippen molar-refractivity contribution in [2.45, 2.75) is 20.3 Å². The van der Waals surface area contributed by atoms with Crippen molar-refractivity contribution in [2.24, 2.45) is 0 Å². The maximum absolute atomic E-state index is 11.7. The molecule has 0 heterocycles. The molecule has 0 aliphatic heterocycles. The molecule has 0 radical (unpaired) electrons. The largest absolute Gasteiger partial charge is 0.397 e. The van der Waals surface area contributed by atoms with Gasteiger partial charge in [-0.1, -0.05) is 6.07 Å². The normalized spacial score (nSPS) is 10.1. The summed E-state index contributed by atoms with van der Waals surface area (Å²) in [5, 5.41) is 5.00. The van der Waals surface area contributed by atoms with Crippen LogP contribution in [-0.4, -0.2) is 31.6 Å². The van der Waals surface area contributed by atoms with Gasteiger partial charge in [0.2, 0.25) is 0 Å². The van der Waals surface area contributed by atoms with Crippen molar-refractivity contribution in [1.29, 1.82) is 0 Å². The molecule has 0 fully saturated rings. The predicted molar refractivity (Wildman–Crippen MR) is 78.3 cm³/mol. The van der Waals surface area contributed by atoms with Crippen LogP contribution in [0.15, 0.2) is 18.2 Å². The molecule has 20 heavy (non-hydrogen) atoms. The number of rotatable bonds is 6. The molecule has 0 aliphatic rings. The second kappa shape index (κ2) is 8.16. The van der Waals surface area contributed by atoms with E-state index in [4.69, 9.17) is 10.5 Å². The molecule has 1 rings (SSSR count). The van der Waals surface area contributed by atoms with E-state index in [0.29, 0.717) is 37.6 Å². The van der Waals surface area contributed by atoms with Gasteiger partial charge in [-0.05, 0) is 38.0 Å². The number of ether oxygens (including phenoxy) is 1. The van der Waals surface area contributed by atoms with E-state index in [-0.39, 0.29) is 0 Å². The fourth-order valence-electron chi connectivity index (χ4n) is 1.58. The monoisotopic (exact) mass is 279 g/mol. The van der Waals surface area contributed by atoms with Gasteiger partial charge >= 0.3 is 11.8 Å². The minimum Gasteiger partial charge on any atom is -0.397 e. The highest BCUT2D eigenvalue weighted by Gasteiger charge is 2.14. The Morgan fingerprint density at radius 1 is 1.30 bits per heavy atom. The van der Waals surface area contributed by atoms with Crippen molar-refractivity contribution in [2.75, 3.05) is 30.8 Å². The summed E-state index contributed by atoms with van der Waals surface area (Å²) < 4.78 is 5.13.